The molecule has 6 nitrogen and oxygen atoms in total. The minimum absolute atomic E-state index is 0.0451. The number of aliphatic carboxylic acids is 1. The van der Waals surface area contributed by atoms with Crippen molar-refractivity contribution in [3.63, 3.8) is 0 Å². The third-order valence-electron chi connectivity index (χ3n) is 3.32. The monoisotopic (exact) mass is 312 g/mol. The Morgan fingerprint density at radius 2 is 2.29 bits per heavy atom. The molecule has 2 unspecified atom stereocenters. The summed E-state index contributed by atoms with van der Waals surface area (Å²) >= 11 is 5.92. The Balaban J connectivity index is 1.96. The van der Waals surface area contributed by atoms with Gasteiger partial charge in [-0.2, -0.15) is 0 Å². The molecule has 2 N–H and O–H groups in total. The number of nitrogens with one attached hydrogen (secondary N) is 1. The van der Waals surface area contributed by atoms with Gasteiger partial charge in [-0.15, -0.1) is 0 Å². The normalized spacial score (nSPS) is 19.9. The summed E-state index contributed by atoms with van der Waals surface area (Å²) in [7, 11) is 0. The highest BCUT2D eigenvalue weighted by Crippen LogP contribution is 2.18. The summed E-state index contributed by atoms with van der Waals surface area (Å²) in [5.74, 6) is -1.06. The van der Waals surface area contributed by atoms with E-state index in [1.54, 1.807) is 12.1 Å². The lowest BCUT2D eigenvalue weighted by atomic mass is 10.1. The number of benzene rings is 1. The Hall–Kier alpha value is -1.79. The van der Waals surface area contributed by atoms with Crippen molar-refractivity contribution in [2.24, 2.45) is 0 Å². The van der Waals surface area contributed by atoms with Gasteiger partial charge >= 0.3 is 12.0 Å². The predicted octanol–water partition coefficient (Wildman–Crippen LogP) is 1.90. The molecule has 21 heavy (non-hydrogen) atoms. The number of nitrogens with zero attached hydrogens (tertiary/aromatic N) is 1. The van der Waals surface area contributed by atoms with Gasteiger partial charge in [0, 0.05) is 11.6 Å². The van der Waals surface area contributed by atoms with Crippen LogP contribution in [0.2, 0.25) is 5.02 Å². The van der Waals surface area contributed by atoms with Gasteiger partial charge in [-0.05, 0) is 24.6 Å². The summed E-state index contributed by atoms with van der Waals surface area (Å²) < 4.78 is 5.09. The molecule has 0 aliphatic carbocycles. The smallest absolute Gasteiger partial charge is 0.334 e. The van der Waals surface area contributed by atoms with Gasteiger partial charge in [0.05, 0.1) is 19.2 Å². The first-order valence-corrected chi connectivity index (χ1v) is 7.00. The Labute approximate surface area is 127 Å². The van der Waals surface area contributed by atoms with Gasteiger partial charge in [0.2, 0.25) is 0 Å². The molecule has 114 valence electrons. The van der Waals surface area contributed by atoms with Gasteiger partial charge in [0.15, 0.2) is 6.10 Å². The molecule has 1 saturated heterocycles. The SMILES string of the molecule is CC(NC(=O)N1CCOC(C(=O)O)C1)c1cccc(Cl)c1. The molecule has 1 aromatic rings. The predicted molar refractivity (Wildman–Crippen MR) is 77.3 cm³/mol. The van der Waals surface area contributed by atoms with Crippen molar-refractivity contribution < 1.29 is 19.4 Å². The maximum absolute atomic E-state index is 12.2. The van der Waals surface area contributed by atoms with Gasteiger partial charge in [0.1, 0.15) is 0 Å². The summed E-state index contributed by atoms with van der Waals surface area (Å²) in [4.78, 5) is 24.5. The zero-order valence-electron chi connectivity index (χ0n) is 11.6. The van der Waals surface area contributed by atoms with Crippen LogP contribution in [0.4, 0.5) is 4.79 Å². The molecule has 0 bridgehead atoms. The third kappa shape index (κ3) is 4.09. The molecule has 0 aromatic heterocycles. The number of hydrogen-bond acceptors (Lipinski definition) is 3. The lowest BCUT2D eigenvalue weighted by Crippen LogP contribution is -2.52. The van der Waals surface area contributed by atoms with Crippen molar-refractivity contribution in [3.8, 4) is 0 Å². The van der Waals surface area contributed by atoms with E-state index >= 15 is 0 Å². The number of carbonyl (C=O) groups is 2. The fourth-order valence-corrected chi connectivity index (χ4v) is 2.32. The molecule has 1 heterocycles. The highest BCUT2D eigenvalue weighted by atomic mass is 35.5. The van der Waals surface area contributed by atoms with Crippen molar-refractivity contribution in [1.82, 2.24) is 10.2 Å². The van der Waals surface area contributed by atoms with E-state index in [9.17, 15) is 9.59 Å². The zero-order valence-corrected chi connectivity index (χ0v) is 12.3. The third-order valence-corrected chi connectivity index (χ3v) is 3.55. The van der Waals surface area contributed by atoms with Crippen LogP contribution < -0.4 is 5.32 Å². The topological polar surface area (TPSA) is 78.9 Å². The van der Waals surface area contributed by atoms with Crippen LogP contribution in [-0.4, -0.2) is 47.8 Å². The first-order chi connectivity index (χ1) is 9.97. The first kappa shape index (κ1) is 15.6. The Kier molecular flexibility index (Phi) is 5.03. The number of ether oxygens (including phenoxy) is 1. The summed E-state index contributed by atoms with van der Waals surface area (Å²) in [6.45, 7) is 2.48. The van der Waals surface area contributed by atoms with Crippen molar-refractivity contribution in [2.75, 3.05) is 19.7 Å². The average molecular weight is 313 g/mol. The van der Waals surface area contributed by atoms with Gasteiger partial charge < -0.3 is 20.1 Å². The number of urea groups is 1. The molecular weight excluding hydrogens is 296 g/mol. The molecule has 2 atom stereocenters. The van der Waals surface area contributed by atoms with Crippen LogP contribution >= 0.6 is 11.6 Å². The second-order valence-electron chi connectivity index (χ2n) is 4.87. The van der Waals surface area contributed by atoms with E-state index in [4.69, 9.17) is 21.4 Å². The summed E-state index contributed by atoms with van der Waals surface area (Å²) in [6.07, 6.45) is -0.967. The lowest BCUT2D eigenvalue weighted by molar-refractivity contribution is -0.154. The van der Waals surface area contributed by atoms with Crippen molar-refractivity contribution in [2.45, 2.75) is 19.1 Å². The van der Waals surface area contributed by atoms with E-state index in [2.05, 4.69) is 5.32 Å². The number of carbonyl (C=O) groups excluding carboxylic acids is 1. The van der Waals surface area contributed by atoms with E-state index < -0.39 is 12.1 Å². The molecule has 0 saturated carbocycles. The van der Waals surface area contributed by atoms with E-state index in [-0.39, 0.29) is 25.2 Å². The number of amides is 2. The largest absolute Gasteiger partial charge is 0.479 e. The van der Waals surface area contributed by atoms with Crippen LogP contribution in [0.3, 0.4) is 0 Å². The standard InChI is InChI=1S/C14H17ClN2O4/c1-9(10-3-2-4-11(15)7-10)16-14(20)17-5-6-21-12(8-17)13(18)19/h2-4,7,9,12H,5-6,8H2,1H3,(H,16,20)(H,18,19). The Morgan fingerprint density at radius 3 is 2.95 bits per heavy atom. The highest BCUT2D eigenvalue weighted by Gasteiger charge is 2.29. The van der Waals surface area contributed by atoms with Gasteiger partial charge in [-0.25, -0.2) is 9.59 Å². The molecule has 7 heteroatoms. The van der Waals surface area contributed by atoms with Gasteiger partial charge in [-0.1, -0.05) is 23.7 Å². The average Bonchev–Trinajstić information content (AvgIpc) is 2.47. The van der Waals surface area contributed by atoms with Crippen molar-refractivity contribution >= 4 is 23.6 Å². The number of halogens is 1. The molecule has 1 fully saturated rings. The Morgan fingerprint density at radius 1 is 1.52 bits per heavy atom. The van der Waals surface area contributed by atoms with Crippen LogP contribution in [0.25, 0.3) is 0 Å². The maximum atomic E-state index is 12.2. The summed E-state index contributed by atoms with van der Waals surface area (Å²) in [5.41, 5.74) is 0.888. The van der Waals surface area contributed by atoms with Crippen LogP contribution in [0, 0.1) is 0 Å². The van der Waals surface area contributed by atoms with Gasteiger partial charge in [-0.3, -0.25) is 0 Å². The molecule has 1 aliphatic rings. The fraction of sp³-hybridized carbons (Fsp3) is 0.429. The van der Waals surface area contributed by atoms with Gasteiger partial charge in [0.25, 0.3) is 0 Å². The fourth-order valence-electron chi connectivity index (χ4n) is 2.12. The first-order valence-electron chi connectivity index (χ1n) is 6.62. The number of carboxylic acids is 1. The molecule has 1 aliphatic heterocycles. The molecule has 2 rings (SSSR count). The summed E-state index contributed by atoms with van der Waals surface area (Å²) in [6, 6.07) is 6.70. The molecule has 0 spiro atoms. The lowest BCUT2D eigenvalue weighted by Gasteiger charge is -2.31. The molecular formula is C14H17ClN2O4. The quantitative estimate of drug-likeness (QED) is 0.893. The summed E-state index contributed by atoms with van der Waals surface area (Å²) in [5, 5.41) is 12.4. The number of rotatable bonds is 3. The zero-order chi connectivity index (χ0) is 15.4. The van der Waals surface area contributed by atoms with E-state index in [0.29, 0.717) is 11.6 Å². The maximum Gasteiger partial charge on any atom is 0.334 e. The Bertz CT molecular complexity index is 537. The van der Waals surface area contributed by atoms with Crippen LogP contribution in [0.1, 0.15) is 18.5 Å². The van der Waals surface area contributed by atoms with E-state index in [0.717, 1.165) is 5.56 Å². The second kappa shape index (κ2) is 6.78. The molecule has 1 aromatic carbocycles. The highest BCUT2D eigenvalue weighted by molar-refractivity contribution is 6.30. The van der Waals surface area contributed by atoms with E-state index in [1.165, 1.54) is 4.90 Å². The minimum Gasteiger partial charge on any atom is -0.479 e. The number of morpholine rings is 1. The van der Waals surface area contributed by atoms with Crippen LogP contribution in [0.5, 0.6) is 0 Å². The molecule has 0 radical (unpaired) electrons. The minimum atomic E-state index is -1.06. The van der Waals surface area contributed by atoms with E-state index in [1.807, 2.05) is 19.1 Å². The second-order valence-corrected chi connectivity index (χ2v) is 5.31. The van der Waals surface area contributed by atoms with Crippen LogP contribution in [-0.2, 0) is 9.53 Å². The molecule has 2 amide bonds. The van der Waals surface area contributed by atoms with Crippen molar-refractivity contribution in [3.05, 3.63) is 34.9 Å². The number of hydrogen-bond donors (Lipinski definition) is 2. The number of carboxylic acid groups (broad SMARTS) is 1. The van der Waals surface area contributed by atoms with Crippen LogP contribution in [0.15, 0.2) is 24.3 Å². The van der Waals surface area contributed by atoms with Crippen molar-refractivity contribution in [1.29, 1.82) is 0 Å².